The highest BCUT2D eigenvalue weighted by Crippen LogP contribution is 2.45. The average Bonchev–Trinajstić information content (AvgIpc) is 1.62. The van der Waals surface area contributed by atoms with Crippen molar-refractivity contribution in [3.63, 3.8) is 0 Å². The molecule has 5 aliphatic carbocycles. The second kappa shape index (κ2) is 29.3. The smallest absolute Gasteiger partial charge is 0.273 e. The van der Waals surface area contributed by atoms with Crippen LogP contribution in [0.1, 0.15) is 237 Å². The molecule has 5 saturated carbocycles. The highest BCUT2D eigenvalue weighted by atomic mass is 19.1. The SMILES string of the molecule is CC1CC(NC(=O)c2cc(C3CC3)on2)CN1c1ccccc1.Cc1ccc(C2C(NC(=O)c3cc(C4CC4)on3)CCN2C)cc1F.Cc1ccc(C2C(NC(=O)c3cc(C4CC4)on3)CCN2C)cc1F.Cc1ccc(C2C(NC(=O)c3cc(C4CC4)on3)CCN2C2CC2)cc1F. The minimum atomic E-state index is -0.228. The lowest BCUT2D eigenvalue weighted by molar-refractivity contribution is 0.0907. The zero-order valence-electron chi connectivity index (χ0n) is 57.6. The molecule has 100 heavy (non-hydrogen) atoms. The lowest BCUT2D eigenvalue weighted by Crippen LogP contribution is -2.40. The maximum Gasteiger partial charge on any atom is 0.273 e. The number of carbonyl (C=O) groups excluding carboxylic acids is 4. The minimum absolute atomic E-state index is 0.00588. The number of hydrogen-bond acceptors (Lipinski definition) is 16. The number of hydrogen-bond donors (Lipinski definition) is 4. The van der Waals surface area contributed by atoms with Crippen LogP contribution < -0.4 is 26.2 Å². The Morgan fingerprint density at radius 2 is 0.780 bits per heavy atom. The normalized spacial score (nSPS) is 24.4. The summed E-state index contributed by atoms with van der Waals surface area (Å²) in [6.07, 6.45) is 14.7. The Hall–Kier alpha value is -8.93. The van der Waals surface area contributed by atoms with Crippen LogP contribution in [0.15, 0.2) is 127 Å². The van der Waals surface area contributed by atoms with E-state index in [0.29, 0.717) is 75.2 Å². The molecule has 20 nitrogen and oxygen atoms in total. The number of likely N-dealkylation sites (N-methyl/N-ethyl adjacent to an activating group) is 2. The molecule has 8 atom stereocenters. The summed E-state index contributed by atoms with van der Waals surface area (Å²) < 4.78 is 63.2. The molecule has 8 aromatic rings. The van der Waals surface area contributed by atoms with Gasteiger partial charge < -0.3 is 44.3 Å². The molecule has 23 heteroatoms. The van der Waals surface area contributed by atoms with Crippen molar-refractivity contribution in [2.45, 2.75) is 196 Å². The first kappa shape index (κ1) is 68.2. The van der Waals surface area contributed by atoms with E-state index >= 15 is 0 Å². The fourth-order valence-corrected chi connectivity index (χ4v) is 14.7. The molecule has 9 fully saturated rings. The van der Waals surface area contributed by atoms with Crippen LogP contribution in [0.3, 0.4) is 0 Å². The van der Waals surface area contributed by atoms with Gasteiger partial charge in [0.05, 0.1) is 36.3 Å². The van der Waals surface area contributed by atoms with Crippen LogP contribution in [-0.2, 0) is 0 Å². The van der Waals surface area contributed by atoms with E-state index in [4.69, 9.17) is 18.1 Å². The fourth-order valence-electron chi connectivity index (χ4n) is 14.7. The van der Waals surface area contributed by atoms with Gasteiger partial charge in [-0.2, -0.15) is 0 Å². The summed E-state index contributed by atoms with van der Waals surface area (Å²) in [6.45, 7) is 10.9. The standard InChI is InChI=1S/C21H24FN3O2.2C19H22FN3O2.C18H21N3O2/c1-12-2-3-14(10-16(12)22)20-17(8-9-25(20)15-6-7-15)23-21(26)18-11-19(27-24-18)13-4-5-13;2*1-11-3-4-13(9-14(11)20)18-15(7-8-23(18)2)21-19(24)16-10-17(25-22-16)12-5-6-12;1-12-9-14(11-21(12)15-5-3-2-4-6-15)19-18(22)16-10-17(23-20-16)13-7-8-13/h2-3,10-11,13,15,17,20H,4-9H2,1H3,(H,23,26);2*3-4,9-10,12,15,18H,5-8H2,1-2H3,(H,21,24);2-6,10,12-14H,7-9,11H2,1H3,(H,19,22). The van der Waals surface area contributed by atoms with Gasteiger partial charge in [0.25, 0.3) is 23.6 Å². The van der Waals surface area contributed by atoms with E-state index < -0.39 is 0 Å². The van der Waals surface area contributed by atoms with E-state index in [1.54, 1.807) is 75.4 Å². The van der Waals surface area contributed by atoms with Gasteiger partial charge in [-0.05, 0) is 195 Å². The van der Waals surface area contributed by atoms with E-state index in [1.165, 1.54) is 18.5 Å². The van der Waals surface area contributed by atoms with Gasteiger partial charge in [-0.15, -0.1) is 0 Å². The van der Waals surface area contributed by atoms with E-state index in [1.807, 2.05) is 56.6 Å². The number of para-hydroxylation sites is 1. The van der Waals surface area contributed by atoms with Crippen molar-refractivity contribution in [1.29, 1.82) is 0 Å². The van der Waals surface area contributed by atoms with Crippen molar-refractivity contribution in [2.24, 2.45) is 0 Å². The number of halogens is 3. The number of nitrogens with one attached hydrogen (secondary N) is 4. The second-order valence-corrected chi connectivity index (χ2v) is 29.2. The maximum atomic E-state index is 14.2. The zero-order chi connectivity index (χ0) is 69.5. The molecule has 4 aliphatic heterocycles. The van der Waals surface area contributed by atoms with Crippen LogP contribution >= 0.6 is 0 Å². The first-order valence-corrected chi connectivity index (χ1v) is 35.7. The van der Waals surface area contributed by atoms with Crippen LogP contribution in [0.2, 0.25) is 0 Å². The number of likely N-dealkylation sites (tertiary alicyclic amines) is 3. The largest absolute Gasteiger partial charge is 0.367 e. The van der Waals surface area contributed by atoms with Crippen molar-refractivity contribution in [2.75, 3.05) is 45.2 Å². The minimum Gasteiger partial charge on any atom is -0.367 e. The van der Waals surface area contributed by atoms with Gasteiger partial charge in [0.15, 0.2) is 22.8 Å². The number of amides is 4. The predicted octanol–water partition coefficient (Wildman–Crippen LogP) is 13.0. The molecule has 526 valence electrons. The number of rotatable bonds is 17. The maximum absolute atomic E-state index is 14.2. The molecule has 8 heterocycles. The van der Waals surface area contributed by atoms with Gasteiger partial charge in [0, 0.05) is 97.9 Å². The summed E-state index contributed by atoms with van der Waals surface area (Å²) in [5.74, 6) is 3.60. The molecular weight excluding hydrogens is 1280 g/mol. The molecule has 0 radical (unpaired) electrons. The van der Waals surface area contributed by atoms with E-state index in [-0.39, 0.29) is 83.4 Å². The van der Waals surface area contributed by atoms with Crippen LogP contribution in [0.25, 0.3) is 0 Å². The van der Waals surface area contributed by atoms with Crippen LogP contribution in [0, 0.1) is 38.2 Å². The Kier molecular flexibility index (Phi) is 20.0. The van der Waals surface area contributed by atoms with Crippen molar-refractivity contribution in [3.8, 4) is 0 Å². The van der Waals surface area contributed by atoms with Crippen molar-refractivity contribution < 1.29 is 50.4 Å². The quantitative estimate of drug-likeness (QED) is 0.0663. The number of carbonyl (C=O) groups is 4. The number of nitrogens with zero attached hydrogens (tertiary/aromatic N) is 8. The van der Waals surface area contributed by atoms with Gasteiger partial charge in [0.2, 0.25) is 0 Å². The molecule has 17 rings (SSSR count). The van der Waals surface area contributed by atoms with Gasteiger partial charge >= 0.3 is 0 Å². The number of anilines is 1. The number of aromatic nitrogens is 4. The van der Waals surface area contributed by atoms with E-state index in [9.17, 15) is 32.3 Å². The third kappa shape index (κ3) is 16.0. The summed E-state index contributed by atoms with van der Waals surface area (Å²) in [7, 11) is 3.99. The molecule has 4 aromatic heterocycles. The lowest BCUT2D eigenvalue weighted by atomic mass is 9.98. The van der Waals surface area contributed by atoms with E-state index in [0.717, 1.165) is 143 Å². The molecule has 0 spiro atoms. The summed E-state index contributed by atoms with van der Waals surface area (Å²) in [6, 6.07) is 34.2. The number of aryl methyl sites for hydroxylation is 3. The molecule has 4 amide bonds. The van der Waals surface area contributed by atoms with Crippen LogP contribution in [-0.4, -0.2) is 135 Å². The van der Waals surface area contributed by atoms with Crippen molar-refractivity contribution in [3.05, 3.63) is 206 Å². The molecule has 9 aliphatic rings. The Labute approximate surface area is 580 Å². The fraction of sp³-hybridized carbons (Fsp3) is 0.481. The Morgan fingerprint density at radius 1 is 0.430 bits per heavy atom. The highest BCUT2D eigenvalue weighted by molar-refractivity contribution is 5.94. The third-order valence-corrected chi connectivity index (χ3v) is 21.3. The zero-order valence-corrected chi connectivity index (χ0v) is 57.6. The number of benzene rings is 4. The molecule has 4 saturated heterocycles. The Bertz CT molecular complexity index is 4100. The first-order valence-electron chi connectivity index (χ1n) is 35.7. The summed E-state index contributed by atoms with van der Waals surface area (Å²) >= 11 is 0. The summed E-state index contributed by atoms with van der Waals surface area (Å²) in [4.78, 5) is 59.2. The third-order valence-electron chi connectivity index (χ3n) is 21.3. The van der Waals surface area contributed by atoms with Gasteiger partial charge in [-0.25, -0.2) is 13.2 Å². The lowest BCUT2D eigenvalue weighted by Gasteiger charge is -2.29. The average molecular weight is 1370 g/mol. The highest BCUT2D eigenvalue weighted by Gasteiger charge is 2.45. The Morgan fingerprint density at radius 3 is 1.14 bits per heavy atom. The van der Waals surface area contributed by atoms with E-state index in [2.05, 4.69) is 80.5 Å². The van der Waals surface area contributed by atoms with Gasteiger partial charge in [-0.1, -0.05) is 75.2 Å². The summed E-state index contributed by atoms with van der Waals surface area (Å²) in [5.41, 5.74) is 7.19. The van der Waals surface area contributed by atoms with Gasteiger partial charge in [-0.3, -0.25) is 33.9 Å². The second-order valence-electron chi connectivity index (χ2n) is 29.2. The first-order chi connectivity index (χ1) is 48.4. The molecular formula is C77H89F3N12O8. The molecule has 4 aromatic carbocycles. The summed E-state index contributed by atoms with van der Waals surface area (Å²) in [5, 5.41) is 28.0. The molecule has 0 bridgehead atoms. The molecule has 4 N–H and O–H groups in total. The topological polar surface area (TPSA) is 233 Å². The molecule has 8 unspecified atom stereocenters. The Balaban J connectivity index is 0.000000114. The van der Waals surface area contributed by atoms with Crippen molar-refractivity contribution >= 4 is 29.3 Å². The van der Waals surface area contributed by atoms with Crippen LogP contribution in [0.5, 0.6) is 0 Å². The monoisotopic (exact) mass is 1370 g/mol. The van der Waals surface area contributed by atoms with Crippen LogP contribution in [0.4, 0.5) is 18.9 Å². The van der Waals surface area contributed by atoms with Gasteiger partial charge in [0.1, 0.15) is 40.5 Å². The van der Waals surface area contributed by atoms with Crippen molar-refractivity contribution in [1.82, 2.24) is 56.6 Å². The predicted molar refractivity (Wildman–Crippen MR) is 367 cm³/mol.